The summed E-state index contributed by atoms with van der Waals surface area (Å²) in [5.41, 5.74) is 6.65. The van der Waals surface area contributed by atoms with Gasteiger partial charge in [-0.1, -0.05) is 39.0 Å². The van der Waals surface area contributed by atoms with Crippen LogP contribution in [0.5, 0.6) is 0 Å². The Kier molecular flexibility index (Phi) is 6.38. The van der Waals surface area contributed by atoms with Gasteiger partial charge in [0.15, 0.2) is 0 Å². The summed E-state index contributed by atoms with van der Waals surface area (Å²) in [6.07, 6.45) is 1.26. The largest absolute Gasteiger partial charge is 0.342 e. The van der Waals surface area contributed by atoms with Crippen LogP contribution in [0.2, 0.25) is 0 Å². The molecule has 124 valence electrons. The standard InChI is InChI=1S/C17H25FN2O.ClH/c1-12(10-13-6-4-5-7-14(13)18)16(21)20-9-8-15(19)17(2,3)11-20;/h4-7,12,15H,8-11,19H2,1-3H3;1H. The first-order valence-corrected chi connectivity index (χ1v) is 7.59. The highest BCUT2D eigenvalue weighted by Crippen LogP contribution is 2.29. The smallest absolute Gasteiger partial charge is 0.225 e. The molecule has 1 aliphatic rings. The molecule has 2 unspecified atom stereocenters. The van der Waals surface area contributed by atoms with E-state index in [-0.39, 0.29) is 41.5 Å². The molecule has 5 heteroatoms. The van der Waals surface area contributed by atoms with Gasteiger partial charge in [-0.3, -0.25) is 4.79 Å². The average molecular weight is 329 g/mol. The van der Waals surface area contributed by atoms with E-state index in [0.717, 1.165) is 6.42 Å². The van der Waals surface area contributed by atoms with Crippen molar-refractivity contribution >= 4 is 18.3 Å². The van der Waals surface area contributed by atoms with Crippen LogP contribution < -0.4 is 5.73 Å². The van der Waals surface area contributed by atoms with Crippen LogP contribution in [-0.2, 0) is 11.2 Å². The predicted molar refractivity (Wildman–Crippen MR) is 89.5 cm³/mol. The molecule has 1 amide bonds. The first-order valence-electron chi connectivity index (χ1n) is 7.59. The quantitative estimate of drug-likeness (QED) is 0.927. The summed E-state index contributed by atoms with van der Waals surface area (Å²) in [6, 6.07) is 6.78. The molecule has 1 saturated heterocycles. The van der Waals surface area contributed by atoms with Crippen LogP contribution in [-0.4, -0.2) is 29.9 Å². The number of nitrogens with two attached hydrogens (primary N) is 1. The number of nitrogens with zero attached hydrogens (tertiary/aromatic N) is 1. The molecule has 0 aliphatic carbocycles. The zero-order valence-corrected chi connectivity index (χ0v) is 14.3. The third kappa shape index (κ3) is 4.20. The monoisotopic (exact) mass is 328 g/mol. The molecule has 2 N–H and O–H groups in total. The highest BCUT2D eigenvalue weighted by Gasteiger charge is 2.36. The van der Waals surface area contributed by atoms with Gasteiger partial charge in [-0.2, -0.15) is 0 Å². The van der Waals surface area contributed by atoms with Crippen molar-refractivity contribution in [3.63, 3.8) is 0 Å². The first-order chi connectivity index (χ1) is 9.81. The van der Waals surface area contributed by atoms with Gasteiger partial charge < -0.3 is 10.6 Å². The predicted octanol–water partition coefficient (Wildman–Crippen LogP) is 3.01. The van der Waals surface area contributed by atoms with Crippen LogP contribution in [0, 0.1) is 17.2 Å². The average Bonchev–Trinajstić information content (AvgIpc) is 2.43. The minimum absolute atomic E-state index is 0. The highest BCUT2D eigenvalue weighted by atomic mass is 35.5. The van der Waals surface area contributed by atoms with E-state index >= 15 is 0 Å². The molecule has 1 heterocycles. The normalized spacial score (nSPS) is 21.9. The van der Waals surface area contributed by atoms with Crippen LogP contribution >= 0.6 is 12.4 Å². The summed E-state index contributed by atoms with van der Waals surface area (Å²) in [7, 11) is 0. The minimum atomic E-state index is -0.238. The molecule has 3 nitrogen and oxygen atoms in total. The fourth-order valence-corrected chi connectivity index (χ4v) is 2.95. The van der Waals surface area contributed by atoms with Gasteiger partial charge in [-0.15, -0.1) is 12.4 Å². The van der Waals surface area contributed by atoms with E-state index in [1.165, 1.54) is 6.07 Å². The lowest BCUT2D eigenvalue weighted by molar-refractivity contribution is -0.138. The summed E-state index contributed by atoms with van der Waals surface area (Å²) in [6.45, 7) is 7.44. The zero-order valence-electron chi connectivity index (χ0n) is 13.5. The molecule has 0 bridgehead atoms. The van der Waals surface area contributed by atoms with Crippen molar-refractivity contribution in [2.75, 3.05) is 13.1 Å². The second-order valence-corrected chi connectivity index (χ2v) is 6.84. The molecule has 1 aromatic carbocycles. The highest BCUT2D eigenvalue weighted by molar-refractivity contribution is 5.85. The van der Waals surface area contributed by atoms with Crippen LogP contribution in [0.1, 0.15) is 32.8 Å². The first kappa shape index (κ1) is 18.9. The number of benzene rings is 1. The number of hydrogen-bond acceptors (Lipinski definition) is 2. The number of likely N-dealkylation sites (tertiary alicyclic amines) is 1. The van der Waals surface area contributed by atoms with Gasteiger partial charge in [-0.25, -0.2) is 4.39 Å². The van der Waals surface area contributed by atoms with Crippen LogP contribution in [0.25, 0.3) is 0 Å². The third-order valence-electron chi connectivity index (χ3n) is 4.53. The molecular formula is C17H26ClFN2O. The lowest BCUT2D eigenvalue weighted by Crippen LogP contribution is -2.55. The molecule has 0 saturated carbocycles. The number of piperidine rings is 1. The van der Waals surface area contributed by atoms with E-state index in [9.17, 15) is 9.18 Å². The van der Waals surface area contributed by atoms with Crippen LogP contribution in [0.4, 0.5) is 4.39 Å². The molecule has 1 aliphatic heterocycles. The maximum Gasteiger partial charge on any atom is 0.225 e. The van der Waals surface area contributed by atoms with Gasteiger partial charge in [-0.05, 0) is 29.9 Å². The molecule has 2 atom stereocenters. The van der Waals surface area contributed by atoms with E-state index in [2.05, 4.69) is 13.8 Å². The molecule has 0 spiro atoms. The Morgan fingerprint density at radius 1 is 1.45 bits per heavy atom. The van der Waals surface area contributed by atoms with E-state index < -0.39 is 0 Å². The summed E-state index contributed by atoms with van der Waals surface area (Å²) in [5.74, 6) is -0.358. The van der Waals surface area contributed by atoms with Gasteiger partial charge in [0.25, 0.3) is 0 Å². The van der Waals surface area contributed by atoms with Crippen molar-refractivity contribution in [2.24, 2.45) is 17.1 Å². The summed E-state index contributed by atoms with van der Waals surface area (Å²) in [5, 5.41) is 0. The molecular weight excluding hydrogens is 303 g/mol. The van der Waals surface area contributed by atoms with Gasteiger partial charge in [0.05, 0.1) is 0 Å². The Labute approximate surface area is 138 Å². The van der Waals surface area contributed by atoms with Crippen molar-refractivity contribution in [1.82, 2.24) is 4.90 Å². The second-order valence-electron chi connectivity index (χ2n) is 6.84. The summed E-state index contributed by atoms with van der Waals surface area (Å²) < 4.78 is 13.7. The second kappa shape index (κ2) is 7.42. The molecule has 22 heavy (non-hydrogen) atoms. The Morgan fingerprint density at radius 2 is 2.09 bits per heavy atom. The van der Waals surface area contributed by atoms with Gasteiger partial charge in [0.1, 0.15) is 5.82 Å². The Balaban J connectivity index is 0.00000242. The minimum Gasteiger partial charge on any atom is -0.342 e. The van der Waals surface area contributed by atoms with Crippen molar-refractivity contribution < 1.29 is 9.18 Å². The Bertz CT molecular complexity index is 521. The van der Waals surface area contributed by atoms with Crippen LogP contribution in [0.3, 0.4) is 0 Å². The molecule has 1 fully saturated rings. The van der Waals surface area contributed by atoms with Crippen molar-refractivity contribution in [3.8, 4) is 0 Å². The fourth-order valence-electron chi connectivity index (χ4n) is 2.95. The van der Waals surface area contributed by atoms with E-state index in [0.29, 0.717) is 25.1 Å². The Morgan fingerprint density at radius 3 is 2.68 bits per heavy atom. The molecule has 0 aromatic heterocycles. The number of amides is 1. The van der Waals surface area contributed by atoms with Crippen molar-refractivity contribution in [1.29, 1.82) is 0 Å². The summed E-state index contributed by atoms with van der Waals surface area (Å²) >= 11 is 0. The fraction of sp³-hybridized carbons (Fsp3) is 0.588. The third-order valence-corrected chi connectivity index (χ3v) is 4.53. The number of hydrogen-bond donors (Lipinski definition) is 1. The lowest BCUT2D eigenvalue weighted by atomic mass is 9.79. The van der Waals surface area contributed by atoms with Crippen LogP contribution in [0.15, 0.2) is 24.3 Å². The maximum atomic E-state index is 13.7. The number of carbonyl (C=O) groups excluding carboxylic acids is 1. The zero-order chi connectivity index (χ0) is 15.6. The van der Waals surface area contributed by atoms with E-state index in [1.807, 2.05) is 11.8 Å². The summed E-state index contributed by atoms with van der Waals surface area (Å²) in [4.78, 5) is 14.5. The van der Waals surface area contributed by atoms with E-state index in [1.54, 1.807) is 18.2 Å². The maximum absolute atomic E-state index is 13.7. The number of carbonyl (C=O) groups is 1. The molecule has 1 aromatic rings. The van der Waals surface area contributed by atoms with Crippen molar-refractivity contribution in [3.05, 3.63) is 35.6 Å². The van der Waals surface area contributed by atoms with Gasteiger partial charge in [0.2, 0.25) is 5.91 Å². The van der Waals surface area contributed by atoms with E-state index in [4.69, 9.17) is 5.73 Å². The molecule has 2 rings (SSSR count). The SMILES string of the molecule is CC(Cc1ccccc1F)C(=O)N1CCC(N)C(C)(C)C1.Cl. The number of halogens is 2. The lowest BCUT2D eigenvalue weighted by Gasteiger charge is -2.43. The van der Waals surface area contributed by atoms with Crippen molar-refractivity contribution in [2.45, 2.75) is 39.7 Å². The Hall–Kier alpha value is -1.13. The number of rotatable bonds is 3. The topological polar surface area (TPSA) is 46.3 Å². The van der Waals surface area contributed by atoms with Gasteiger partial charge >= 0.3 is 0 Å². The van der Waals surface area contributed by atoms with Gasteiger partial charge in [0, 0.05) is 25.0 Å². The molecule has 0 radical (unpaired) electrons.